The molecule has 0 amide bonds. The molecule has 3 nitrogen and oxygen atoms in total. The second-order valence-corrected chi connectivity index (χ2v) is 11.3. The highest BCUT2D eigenvalue weighted by Crippen LogP contribution is 2.21. The maximum absolute atomic E-state index is 4.35. The van der Waals surface area contributed by atoms with Gasteiger partial charge in [0.15, 0.2) is 0 Å². The second-order valence-electron chi connectivity index (χ2n) is 5.39. The molecule has 1 heterocycles. The van der Waals surface area contributed by atoms with E-state index >= 15 is 0 Å². The average molecular weight is 277 g/mol. The van der Waals surface area contributed by atoms with E-state index in [4.69, 9.17) is 0 Å². The van der Waals surface area contributed by atoms with Crippen LogP contribution in [0, 0.1) is 0 Å². The van der Waals surface area contributed by atoms with Crippen LogP contribution in [-0.4, -0.2) is 23.1 Å². The van der Waals surface area contributed by atoms with E-state index in [9.17, 15) is 0 Å². The van der Waals surface area contributed by atoms with Crippen molar-refractivity contribution in [2.45, 2.75) is 30.4 Å². The van der Waals surface area contributed by atoms with Crippen LogP contribution in [0.1, 0.15) is 5.56 Å². The number of nitrogens with zero attached hydrogens (tertiary/aromatic N) is 3. The molecule has 18 heavy (non-hydrogen) atoms. The van der Waals surface area contributed by atoms with Gasteiger partial charge in [0.25, 0.3) is 0 Å². The minimum atomic E-state index is -1.41. The van der Waals surface area contributed by atoms with Gasteiger partial charge in [0.05, 0.1) is 5.32 Å². The third-order valence-electron chi connectivity index (χ3n) is 2.70. The van der Waals surface area contributed by atoms with Crippen molar-refractivity contribution in [3.05, 3.63) is 35.9 Å². The van der Waals surface area contributed by atoms with Crippen LogP contribution >= 0.6 is 11.8 Å². The summed E-state index contributed by atoms with van der Waals surface area (Å²) in [6, 6.07) is 10.5. The number of hydrogen-bond acceptors (Lipinski definition) is 3. The molecule has 0 bridgehead atoms. The van der Waals surface area contributed by atoms with Gasteiger partial charge in [0, 0.05) is 12.8 Å². The number of aryl methyl sites for hydroxylation is 1. The Morgan fingerprint density at radius 3 is 2.44 bits per heavy atom. The van der Waals surface area contributed by atoms with Crippen LogP contribution in [-0.2, 0) is 12.8 Å². The fourth-order valence-corrected chi connectivity index (χ4v) is 4.89. The standard InChI is InChI=1S/C13H19N3SSi/c1-16-13(12(14-15-16)18(2,3)4)17-10-11-8-6-5-7-9-11/h5-9H,10H2,1-4H3. The first kappa shape index (κ1) is 13.4. The van der Waals surface area contributed by atoms with Crippen LogP contribution in [0.5, 0.6) is 0 Å². The van der Waals surface area contributed by atoms with Crippen molar-refractivity contribution in [2.24, 2.45) is 7.05 Å². The smallest absolute Gasteiger partial charge is 0.113 e. The molecule has 0 N–H and O–H groups in total. The summed E-state index contributed by atoms with van der Waals surface area (Å²) < 4.78 is 1.90. The molecule has 0 saturated heterocycles. The highest BCUT2D eigenvalue weighted by Gasteiger charge is 2.25. The SMILES string of the molecule is Cn1nnc([Si](C)(C)C)c1SCc1ccccc1. The molecule has 5 heteroatoms. The molecule has 2 aromatic rings. The van der Waals surface area contributed by atoms with Crippen molar-refractivity contribution in [3.8, 4) is 0 Å². The fourth-order valence-electron chi connectivity index (χ4n) is 1.71. The highest BCUT2D eigenvalue weighted by atomic mass is 32.2. The Morgan fingerprint density at radius 1 is 1.17 bits per heavy atom. The monoisotopic (exact) mass is 277 g/mol. The lowest BCUT2D eigenvalue weighted by Gasteiger charge is -2.14. The highest BCUT2D eigenvalue weighted by molar-refractivity contribution is 7.98. The van der Waals surface area contributed by atoms with Gasteiger partial charge in [-0.2, -0.15) is 0 Å². The Bertz CT molecular complexity index is 517. The summed E-state index contributed by atoms with van der Waals surface area (Å²) in [6.45, 7) is 6.93. The van der Waals surface area contributed by atoms with Gasteiger partial charge in [0.2, 0.25) is 0 Å². The third kappa shape index (κ3) is 3.03. The topological polar surface area (TPSA) is 30.7 Å². The lowest BCUT2D eigenvalue weighted by atomic mass is 10.2. The molecule has 0 radical (unpaired) electrons. The van der Waals surface area contributed by atoms with Gasteiger partial charge in [-0.25, -0.2) is 4.68 Å². The molecule has 0 atom stereocenters. The van der Waals surface area contributed by atoms with Gasteiger partial charge in [0.1, 0.15) is 13.1 Å². The molecule has 0 unspecified atom stereocenters. The van der Waals surface area contributed by atoms with E-state index in [2.05, 4.69) is 54.2 Å². The van der Waals surface area contributed by atoms with Crippen molar-refractivity contribution >= 4 is 25.2 Å². The lowest BCUT2D eigenvalue weighted by Crippen LogP contribution is -2.40. The van der Waals surface area contributed by atoms with E-state index in [1.54, 1.807) is 0 Å². The molecule has 0 aliphatic heterocycles. The van der Waals surface area contributed by atoms with Crippen LogP contribution in [0.3, 0.4) is 0 Å². The summed E-state index contributed by atoms with van der Waals surface area (Å²) in [6.07, 6.45) is 0. The number of rotatable bonds is 4. The third-order valence-corrected chi connectivity index (χ3v) is 5.85. The van der Waals surface area contributed by atoms with Gasteiger partial charge in [-0.3, -0.25) is 0 Å². The first-order valence-electron chi connectivity index (χ1n) is 6.05. The quantitative estimate of drug-likeness (QED) is 0.636. The number of thioether (sulfide) groups is 1. The molecule has 0 aliphatic carbocycles. The summed E-state index contributed by atoms with van der Waals surface area (Å²) in [4.78, 5) is 0. The maximum Gasteiger partial charge on any atom is 0.113 e. The number of hydrogen-bond donors (Lipinski definition) is 0. The molecule has 2 rings (SSSR count). The summed E-state index contributed by atoms with van der Waals surface area (Å²) in [5.74, 6) is 0.972. The van der Waals surface area contributed by atoms with E-state index in [0.717, 1.165) is 5.75 Å². The zero-order valence-corrected chi connectivity index (χ0v) is 13.2. The molecular weight excluding hydrogens is 258 g/mol. The van der Waals surface area contributed by atoms with Gasteiger partial charge >= 0.3 is 0 Å². The van der Waals surface area contributed by atoms with Crippen molar-refractivity contribution in [3.63, 3.8) is 0 Å². The largest absolute Gasteiger partial charge is 0.242 e. The molecule has 0 aliphatic rings. The molecule has 96 valence electrons. The zero-order valence-electron chi connectivity index (χ0n) is 11.3. The maximum atomic E-state index is 4.35. The summed E-state index contributed by atoms with van der Waals surface area (Å²) in [7, 11) is 0.566. The van der Waals surface area contributed by atoms with Crippen molar-refractivity contribution < 1.29 is 0 Å². The fraction of sp³-hybridized carbons (Fsp3) is 0.385. The van der Waals surface area contributed by atoms with Crippen LogP contribution in [0.4, 0.5) is 0 Å². The van der Waals surface area contributed by atoms with Crippen molar-refractivity contribution in [1.82, 2.24) is 15.0 Å². The van der Waals surface area contributed by atoms with E-state index < -0.39 is 8.07 Å². The predicted molar refractivity (Wildman–Crippen MR) is 80.0 cm³/mol. The van der Waals surface area contributed by atoms with Gasteiger partial charge in [-0.15, -0.1) is 16.9 Å². The average Bonchev–Trinajstić information content (AvgIpc) is 2.69. The Balaban J connectivity index is 2.17. The summed E-state index contributed by atoms with van der Waals surface area (Å²) >= 11 is 1.83. The molecule has 0 fully saturated rings. The zero-order chi connectivity index (χ0) is 13.2. The first-order chi connectivity index (χ1) is 8.48. The van der Waals surface area contributed by atoms with Crippen LogP contribution < -0.4 is 5.32 Å². The van der Waals surface area contributed by atoms with E-state index in [-0.39, 0.29) is 0 Å². The first-order valence-corrected chi connectivity index (χ1v) is 10.5. The summed E-state index contributed by atoms with van der Waals surface area (Å²) in [5, 5.41) is 11.0. The molecule has 0 saturated carbocycles. The van der Waals surface area contributed by atoms with Crippen LogP contribution in [0.2, 0.25) is 19.6 Å². The van der Waals surface area contributed by atoms with Gasteiger partial charge < -0.3 is 0 Å². The molecule has 0 spiro atoms. The Morgan fingerprint density at radius 2 is 1.83 bits per heavy atom. The Hall–Kier alpha value is -1.07. The number of aromatic nitrogens is 3. The Labute approximate surface area is 114 Å². The van der Waals surface area contributed by atoms with E-state index in [0.29, 0.717) is 0 Å². The van der Waals surface area contributed by atoms with E-state index in [1.165, 1.54) is 15.9 Å². The molecule has 1 aromatic carbocycles. The van der Waals surface area contributed by atoms with E-state index in [1.807, 2.05) is 29.6 Å². The Kier molecular flexibility index (Phi) is 3.92. The second kappa shape index (κ2) is 5.28. The minimum absolute atomic E-state index is 0.972. The molecule has 1 aromatic heterocycles. The minimum Gasteiger partial charge on any atom is -0.242 e. The van der Waals surface area contributed by atoms with Crippen molar-refractivity contribution in [2.75, 3.05) is 0 Å². The van der Waals surface area contributed by atoms with Gasteiger partial charge in [-0.05, 0) is 5.56 Å². The van der Waals surface area contributed by atoms with Gasteiger partial charge in [-0.1, -0.05) is 55.2 Å². The predicted octanol–water partition coefficient (Wildman–Crippen LogP) is 2.65. The van der Waals surface area contributed by atoms with Crippen LogP contribution in [0.15, 0.2) is 35.4 Å². The summed E-state index contributed by atoms with van der Waals surface area (Å²) in [5.41, 5.74) is 1.34. The number of benzene rings is 1. The van der Waals surface area contributed by atoms with Crippen molar-refractivity contribution in [1.29, 1.82) is 0 Å². The lowest BCUT2D eigenvalue weighted by molar-refractivity contribution is 0.665. The van der Waals surface area contributed by atoms with Crippen LogP contribution in [0.25, 0.3) is 0 Å². The molecular formula is C13H19N3SSi. The normalized spacial score (nSPS) is 11.8.